The molecule has 0 unspecified atom stereocenters. The van der Waals surface area contributed by atoms with Crippen molar-refractivity contribution in [3.05, 3.63) is 42.5 Å². The summed E-state index contributed by atoms with van der Waals surface area (Å²) >= 11 is 0. The first-order chi connectivity index (χ1) is 13.1. The van der Waals surface area contributed by atoms with Gasteiger partial charge in [0.2, 0.25) is 5.91 Å². The first-order valence-electron chi connectivity index (χ1n) is 8.52. The van der Waals surface area contributed by atoms with Gasteiger partial charge in [-0.05, 0) is 36.4 Å². The van der Waals surface area contributed by atoms with Gasteiger partial charge in [0, 0.05) is 30.4 Å². The number of hydrogen-bond acceptors (Lipinski definition) is 5. The third kappa shape index (κ3) is 5.27. The minimum Gasteiger partial charge on any atom is -0.497 e. The second-order valence-electron chi connectivity index (χ2n) is 5.77. The number of fused-ring (bicyclic) bond motifs is 1. The maximum Gasteiger partial charge on any atom is 0.319 e. The summed E-state index contributed by atoms with van der Waals surface area (Å²) in [5, 5.41) is 8.09. The Bertz CT molecular complexity index is 807. The van der Waals surface area contributed by atoms with Crippen LogP contribution in [0.15, 0.2) is 42.5 Å². The SMILES string of the molecule is COc1ccc(NC(=O)NCCC(=O)Nc2ccc3c(c2)OCCO3)cc1. The third-order valence-electron chi connectivity index (χ3n) is 3.81. The highest BCUT2D eigenvalue weighted by atomic mass is 16.6. The second kappa shape index (κ2) is 8.79. The van der Waals surface area contributed by atoms with Crippen molar-refractivity contribution in [1.29, 1.82) is 0 Å². The monoisotopic (exact) mass is 371 g/mol. The van der Waals surface area contributed by atoms with Crippen molar-refractivity contribution in [2.45, 2.75) is 6.42 Å². The Morgan fingerprint density at radius 3 is 2.41 bits per heavy atom. The van der Waals surface area contributed by atoms with Crippen LogP contribution < -0.4 is 30.2 Å². The van der Waals surface area contributed by atoms with Gasteiger partial charge in [-0.1, -0.05) is 0 Å². The molecule has 2 aromatic carbocycles. The van der Waals surface area contributed by atoms with Crippen molar-refractivity contribution in [1.82, 2.24) is 5.32 Å². The summed E-state index contributed by atoms with van der Waals surface area (Å²) in [7, 11) is 1.57. The van der Waals surface area contributed by atoms with Crippen LogP contribution in [0.3, 0.4) is 0 Å². The minimum atomic E-state index is -0.382. The van der Waals surface area contributed by atoms with E-state index in [9.17, 15) is 9.59 Å². The normalized spacial score (nSPS) is 12.0. The van der Waals surface area contributed by atoms with E-state index in [0.717, 1.165) is 0 Å². The predicted octanol–water partition coefficient (Wildman–Crippen LogP) is 2.62. The first kappa shape index (κ1) is 18.4. The van der Waals surface area contributed by atoms with Crippen molar-refractivity contribution in [3.63, 3.8) is 0 Å². The van der Waals surface area contributed by atoms with Gasteiger partial charge in [-0.2, -0.15) is 0 Å². The standard InChI is InChI=1S/C19H21N3O5/c1-25-15-5-2-13(3-6-15)22-19(24)20-9-8-18(23)21-14-4-7-16-17(12-14)27-11-10-26-16/h2-7,12H,8-11H2,1H3,(H,21,23)(H2,20,22,24). The molecule has 1 aliphatic rings. The average Bonchev–Trinajstić information content (AvgIpc) is 2.68. The Balaban J connectivity index is 1.40. The molecule has 0 aliphatic carbocycles. The van der Waals surface area contributed by atoms with E-state index in [1.165, 1.54) is 0 Å². The molecule has 0 atom stereocenters. The number of carbonyl (C=O) groups is 2. The summed E-state index contributed by atoms with van der Waals surface area (Å²) in [6.45, 7) is 1.21. The molecule has 3 N–H and O–H groups in total. The lowest BCUT2D eigenvalue weighted by molar-refractivity contribution is -0.116. The van der Waals surface area contributed by atoms with E-state index < -0.39 is 0 Å². The first-order valence-corrected chi connectivity index (χ1v) is 8.52. The topological polar surface area (TPSA) is 97.9 Å². The van der Waals surface area contributed by atoms with Crippen LogP contribution in [0.1, 0.15) is 6.42 Å². The lowest BCUT2D eigenvalue weighted by Gasteiger charge is -2.19. The molecule has 142 valence electrons. The molecular formula is C19H21N3O5. The lowest BCUT2D eigenvalue weighted by atomic mass is 10.2. The molecule has 2 aromatic rings. The Kier molecular flexibility index (Phi) is 5.98. The molecule has 0 bridgehead atoms. The molecule has 0 aromatic heterocycles. The summed E-state index contributed by atoms with van der Waals surface area (Å²) in [4.78, 5) is 23.9. The second-order valence-corrected chi connectivity index (χ2v) is 5.77. The molecule has 8 heteroatoms. The van der Waals surface area contributed by atoms with Crippen LogP contribution in [0.25, 0.3) is 0 Å². The molecule has 8 nitrogen and oxygen atoms in total. The summed E-state index contributed by atoms with van der Waals surface area (Å²) in [5.41, 5.74) is 1.25. The van der Waals surface area contributed by atoms with E-state index in [1.807, 2.05) is 0 Å². The van der Waals surface area contributed by atoms with Crippen molar-refractivity contribution < 1.29 is 23.8 Å². The largest absolute Gasteiger partial charge is 0.497 e. The van der Waals surface area contributed by atoms with E-state index in [2.05, 4.69) is 16.0 Å². The molecule has 0 spiro atoms. The number of urea groups is 1. The number of nitrogens with one attached hydrogen (secondary N) is 3. The number of methoxy groups -OCH3 is 1. The van der Waals surface area contributed by atoms with Gasteiger partial charge >= 0.3 is 6.03 Å². The van der Waals surface area contributed by atoms with Crippen molar-refractivity contribution in [2.24, 2.45) is 0 Å². The number of carbonyl (C=O) groups excluding carboxylic acids is 2. The summed E-state index contributed by atoms with van der Waals surface area (Å²) in [6.07, 6.45) is 0.143. The highest BCUT2D eigenvalue weighted by molar-refractivity contribution is 5.92. The zero-order chi connectivity index (χ0) is 19.1. The van der Waals surface area contributed by atoms with Crippen LogP contribution in [0.4, 0.5) is 16.2 Å². The van der Waals surface area contributed by atoms with Crippen LogP contribution in [0.5, 0.6) is 17.2 Å². The number of benzene rings is 2. The van der Waals surface area contributed by atoms with Gasteiger partial charge in [-0.25, -0.2) is 4.79 Å². The highest BCUT2D eigenvalue weighted by Crippen LogP contribution is 2.32. The fourth-order valence-corrected chi connectivity index (χ4v) is 2.48. The molecule has 3 rings (SSSR count). The van der Waals surface area contributed by atoms with Crippen molar-refractivity contribution >= 4 is 23.3 Å². The number of amides is 3. The van der Waals surface area contributed by atoms with Gasteiger partial charge in [0.05, 0.1) is 7.11 Å². The molecule has 1 heterocycles. The Morgan fingerprint density at radius 1 is 0.963 bits per heavy atom. The summed E-state index contributed by atoms with van der Waals surface area (Å²) in [5.74, 6) is 1.76. The van der Waals surface area contributed by atoms with Crippen molar-refractivity contribution in [3.8, 4) is 17.2 Å². The van der Waals surface area contributed by atoms with Gasteiger partial charge < -0.3 is 30.2 Å². The van der Waals surface area contributed by atoms with E-state index >= 15 is 0 Å². The third-order valence-corrected chi connectivity index (χ3v) is 3.81. The van der Waals surface area contributed by atoms with Gasteiger partial charge in [0.1, 0.15) is 19.0 Å². The van der Waals surface area contributed by atoms with Gasteiger partial charge in [0.25, 0.3) is 0 Å². The number of ether oxygens (including phenoxy) is 3. The van der Waals surface area contributed by atoms with Crippen LogP contribution in [-0.4, -0.2) is 38.8 Å². The maximum atomic E-state index is 12.0. The Morgan fingerprint density at radius 2 is 1.67 bits per heavy atom. The molecule has 0 radical (unpaired) electrons. The maximum absolute atomic E-state index is 12.0. The highest BCUT2D eigenvalue weighted by Gasteiger charge is 2.13. The van der Waals surface area contributed by atoms with Crippen LogP contribution in [-0.2, 0) is 4.79 Å². The predicted molar refractivity (Wildman–Crippen MR) is 101 cm³/mol. The average molecular weight is 371 g/mol. The number of anilines is 2. The summed E-state index contributed by atoms with van der Waals surface area (Å²) in [6, 6.07) is 11.8. The number of hydrogen-bond donors (Lipinski definition) is 3. The molecular weight excluding hydrogens is 350 g/mol. The van der Waals surface area contributed by atoms with E-state index in [-0.39, 0.29) is 24.9 Å². The minimum absolute atomic E-state index is 0.143. The molecule has 1 aliphatic heterocycles. The zero-order valence-electron chi connectivity index (χ0n) is 14.9. The summed E-state index contributed by atoms with van der Waals surface area (Å²) < 4.78 is 16.0. The molecule has 3 amide bonds. The van der Waals surface area contributed by atoms with E-state index in [1.54, 1.807) is 49.6 Å². The van der Waals surface area contributed by atoms with Gasteiger partial charge in [-0.15, -0.1) is 0 Å². The smallest absolute Gasteiger partial charge is 0.319 e. The zero-order valence-corrected chi connectivity index (χ0v) is 14.9. The van der Waals surface area contributed by atoms with Crippen LogP contribution in [0.2, 0.25) is 0 Å². The molecule has 27 heavy (non-hydrogen) atoms. The van der Waals surface area contributed by atoms with E-state index in [4.69, 9.17) is 14.2 Å². The van der Waals surface area contributed by atoms with E-state index in [0.29, 0.717) is 41.8 Å². The fraction of sp³-hybridized carbons (Fsp3) is 0.263. The molecule has 0 saturated carbocycles. The van der Waals surface area contributed by atoms with Crippen molar-refractivity contribution in [2.75, 3.05) is 37.5 Å². The lowest BCUT2D eigenvalue weighted by Crippen LogP contribution is -2.31. The van der Waals surface area contributed by atoms with Gasteiger partial charge in [-0.3, -0.25) is 4.79 Å². The van der Waals surface area contributed by atoms with Crippen LogP contribution >= 0.6 is 0 Å². The Labute approximate surface area is 156 Å². The molecule has 0 saturated heterocycles. The number of rotatable bonds is 6. The molecule has 0 fully saturated rings. The fourth-order valence-electron chi connectivity index (χ4n) is 2.48. The Hall–Kier alpha value is -3.42. The quantitative estimate of drug-likeness (QED) is 0.725. The van der Waals surface area contributed by atoms with Crippen LogP contribution in [0, 0.1) is 0 Å². The van der Waals surface area contributed by atoms with Gasteiger partial charge in [0.15, 0.2) is 11.5 Å².